The second-order valence-corrected chi connectivity index (χ2v) is 7.90. The van der Waals surface area contributed by atoms with Gasteiger partial charge in [-0.05, 0) is 61.2 Å². The first-order chi connectivity index (χ1) is 14.8. The lowest BCUT2D eigenvalue weighted by atomic mass is 9.84. The lowest BCUT2D eigenvalue weighted by Crippen LogP contribution is -2.37. The molecule has 2 aromatic rings. The Hall–Kier alpha value is -2.62. The van der Waals surface area contributed by atoms with Gasteiger partial charge in [-0.15, -0.1) is 0 Å². The number of nitrogens with zero attached hydrogens (tertiary/aromatic N) is 1. The summed E-state index contributed by atoms with van der Waals surface area (Å²) in [5.74, 6) is -2.10. The molecule has 32 heavy (non-hydrogen) atoms. The standard InChI is InChI=1S/C22H20F7NO2/c23-18-6-5-17(22(27,28)29)11-15(18)12-30-8-7-13(10-20(31)32)9-19(30)14-1-3-16(4-2-14)21(24,25)26/h1-6,11,13,19H,7-10,12H2,(H,31,32)/t13-,19+/m1/s1. The molecule has 1 saturated heterocycles. The van der Waals surface area contributed by atoms with Gasteiger partial charge >= 0.3 is 18.3 Å². The summed E-state index contributed by atoms with van der Waals surface area (Å²) in [5.41, 5.74) is -1.58. The van der Waals surface area contributed by atoms with E-state index in [1.807, 2.05) is 0 Å². The number of halogens is 7. The van der Waals surface area contributed by atoms with Crippen molar-refractivity contribution in [2.24, 2.45) is 5.92 Å². The summed E-state index contributed by atoms with van der Waals surface area (Å²) >= 11 is 0. The highest BCUT2D eigenvalue weighted by molar-refractivity contribution is 5.67. The molecular weight excluding hydrogens is 443 g/mol. The molecular formula is C22H20F7NO2. The summed E-state index contributed by atoms with van der Waals surface area (Å²) in [6, 6.07) is 5.89. The van der Waals surface area contributed by atoms with E-state index in [1.165, 1.54) is 12.1 Å². The van der Waals surface area contributed by atoms with Crippen molar-refractivity contribution >= 4 is 5.97 Å². The highest BCUT2D eigenvalue weighted by Gasteiger charge is 2.35. The molecule has 1 fully saturated rings. The van der Waals surface area contributed by atoms with Crippen molar-refractivity contribution in [2.75, 3.05) is 6.54 Å². The number of likely N-dealkylation sites (tertiary alicyclic amines) is 1. The van der Waals surface area contributed by atoms with Crippen molar-refractivity contribution < 1.29 is 40.6 Å². The number of piperidine rings is 1. The van der Waals surface area contributed by atoms with Gasteiger partial charge in [0.15, 0.2) is 0 Å². The maximum absolute atomic E-state index is 14.3. The second-order valence-electron chi connectivity index (χ2n) is 7.90. The van der Waals surface area contributed by atoms with Crippen LogP contribution < -0.4 is 0 Å². The number of carboxylic acid groups (broad SMARTS) is 1. The van der Waals surface area contributed by atoms with Crippen LogP contribution in [-0.4, -0.2) is 22.5 Å². The molecule has 10 heteroatoms. The SMILES string of the molecule is O=C(O)C[C@@H]1CCN(Cc2cc(C(F)(F)F)ccc2F)[C@H](c2ccc(C(F)(F)F)cc2)C1. The monoisotopic (exact) mass is 463 g/mol. The zero-order valence-electron chi connectivity index (χ0n) is 16.7. The summed E-state index contributed by atoms with van der Waals surface area (Å²) in [6.45, 7) is 0.0700. The number of aliphatic carboxylic acids is 1. The Kier molecular flexibility index (Phi) is 6.83. The molecule has 1 aliphatic rings. The molecule has 3 rings (SSSR count). The average molecular weight is 463 g/mol. The van der Waals surface area contributed by atoms with Crippen LogP contribution in [0.2, 0.25) is 0 Å². The minimum atomic E-state index is -4.65. The fraction of sp³-hybridized carbons (Fsp3) is 0.409. The van der Waals surface area contributed by atoms with Gasteiger partial charge in [0.1, 0.15) is 5.82 Å². The highest BCUT2D eigenvalue weighted by Crippen LogP contribution is 2.39. The molecule has 174 valence electrons. The largest absolute Gasteiger partial charge is 0.481 e. The van der Waals surface area contributed by atoms with Crippen molar-refractivity contribution in [2.45, 2.75) is 44.2 Å². The van der Waals surface area contributed by atoms with Crippen LogP contribution in [-0.2, 0) is 23.7 Å². The van der Waals surface area contributed by atoms with E-state index >= 15 is 0 Å². The Morgan fingerprint density at radius 3 is 2.12 bits per heavy atom. The van der Waals surface area contributed by atoms with Crippen molar-refractivity contribution in [3.63, 3.8) is 0 Å². The molecule has 3 nitrogen and oxygen atoms in total. The fourth-order valence-electron chi connectivity index (χ4n) is 4.04. The number of hydrogen-bond acceptors (Lipinski definition) is 2. The van der Waals surface area contributed by atoms with Crippen molar-refractivity contribution in [1.82, 2.24) is 4.90 Å². The van der Waals surface area contributed by atoms with E-state index in [9.17, 15) is 35.5 Å². The summed E-state index contributed by atoms with van der Waals surface area (Å²) < 4.78 is 92.1. The van der Waals surface area contributed by atoms with Crippen LogP contribution in [0.15, 0.2) is 42.5 Å². The quantitative estimate of drug-likeness (QED) is 0.530. The van der Waals surface area contributed by atoms with Gasteiger partial charge in [0.2, 0.25) is 0 Å². The molecule has 0 bridgehead atoms. The third-order valence-electron chi connectivity index (χ3n) is 5.65. The molecule has 2 aromatic carbocycles. The van der Waals surface area contributed by atoms with Crippen molar-refractivity contribution in [1.29, 1.82) is 0 Å². The lowest BCUT2D eigenvalue weighted by Gasteiger charge is -2.39. The Morgan fingerprint density at radius 1 is 0.969 bits per heavy atom. The van der Waals surface area contributed by atoms with Crippen LogP contribution in [0.4, 0.5) is 30.7 Å². The van der Waals surface area contributed by atoms with E-state index in [0.29, 0.717) is 18.1 Å². The molecule has 1 aliphatic heterocycles. The van der Waals surface area contributed by atoms with Crippen LogP contribution in [0, 0.1) is 11.7 Å². The maximum Gasteiger partial charge on any atom is 0.416 e. The van der Waals surface area contributed by atoms with Crippen molar-refractivity contribution in [3.05, 3.63) is 70.5 Å². The third-order valence-corrected chi connectivity index (χ3v) is 5.65. The van der Waals surface area contributed by atoms with Crippen LogP contribution in [0.3, 0.4) is 0 Å². The third kappa shape index (κ3) is 5.79. The smallest absolute Gasteiger partial charge is 0.416 e. The Morgan fingerprint density at radius 2 is 1.56 bits per heavy atom. The first-order valence-electron chi connectivity index (χ1n) is 9.83. The van der Waals surface area contributed by atoms with E-state index in [0.717, 1.165) is 24.3 Å². The van der Waals surface area contributed by atoms with Gasteiger partial charge in [0.05, 0.1) is 11.1 Å². The molecule has 0 saturated carbocycles. The van der Waals surface area contributed by atoms with Gasteiger partial charge in [-0.3, -0.25) is 9.69 Å². The van der Waals surface area contributed by atoms with E-state index in [-0.39, 0.29) is 37.4 Å². The van der Waals surface area contributed by atoms with Gasteiger partial charge in [0, 0.05) is 24.6 Å². The zero-order chi connectivity index (χ0) is 23.7. The van der Waals surface area contributed by atoms with Crippen LogP contribution in [0.25, 0.3) is 0 Å². The van der Waals surface area contributed by atoms with Gasteiger partial charge < -0.3 is 5.11 Å². The summed E-state index contributed by atoms with van der Waals surface area (Å²) in [6.07, 6.45) is -8.62. The Balaban J connectivity index is 1.90. The van der Waals surface area contributed by atoms with Crippen LogP contribution in [0.1, 0.15) is 47.6 Å². The molecule has 0 spiro atoms. The average Bonchev–Trinajstić information content (AvgIpc) is 2.69. The second kappa shape index (κ2) is 9.09. The molecule has 2 atom stereocenters. The topological polar surface area (TPSA) is 40.5 Å². The highest BCUT2D eigenvalue weighted by atomic mass is 19.4. The Bertz CT molecular complexity index is 954. The van der Waals surface area contributed by atoms with Crippen LogP contribution >= 0.6 is 0 Å². The molecule has 0 amide bonds. The van der Waals surface area contributed by atoms with Gasteiger partial charge in [-0.25, -0.2) is 4.39 Å². The summed E-state index contributed by atoms with van der Waals surface area (Å²) in [4.78, 5) is 12.8. The predicted octanol–water partition coefficient (Wildman–Crippen LogP) is 6.29. The number of carbonyl (C=O) groups is 1. The van der Waals surface area contributed by atoms with Gasteiger partial charge in [-0.1, -0.05) is 12.1 Å². The molecule has 1 N–H and O–H groups in total. The van der Waals surface area contributed by atoms with Gasteiger partial charge in [-0.2, -0.15) is 26.3 Å². The summed E-state index contributed by atoms with van der Waals surface area (Å²) in [7, 11) is 0. The number of benzene rings is 2. The Labute approximate surface area is 179 Å². The molecule has 0 aliphatic carbocycles. The minimum Gasteiger partial charge on any atom is -0.481 e. The first-order valence-corrected chi connectivity index (χ1v) is 9.83. The number of hydrogen-bond donors (Lipinski definition) is 1. The first kappa shape index (κ1) is 24.0. The molecule has 1 heterocycles. The minimum absolute atomic E-state index is 0.136. The predicted molar refractivity (Wildman–Crippen MR) is 101 cm³/mol. The molecule has 0 radical (unpaired) electrons. The molecule has 0 unspecified atom stereocenters. The van der Waals surface area contributed by atoms with E-state index in [2.05, 4.69) is 0 Å². The normalized spacial score (nSPS) is 20.3. The van der Waals surface area contributed by atoms with Crippen molar-refractivity contribution in [3.8, 4) is 0 Å². The maximum atomic E-state index is 14.3. The lowest BCUT2D eigenvalue weighted by molar-refractivity contribution is -0.139. The van der Waals surface area contributed by atoms with E-state index in [4.69, 9.17) is 5.11 Å². The zero-order valence-corrected chi connectivity index (χ0v) is 16.7. The number of rotatable bonds is 5. The number of alkyl halides is 6. The van der Waals surface area contributed by atoms with Crippen LogP contribution in [0.5, 0.6) is 0 Å². The van der Waals surface area contributed by atoms with E-state index < -0.39 is 41.3 Å². The number of carboxylic acids is 1. The fourth-order valence-corrected chi connectivity index (χ4v) is 4.04. The summed E-state index contributed by atoms with van der Waals surface area (Å²) in [5, 5.41) is 9.10. The van der Waals surface area contributed by atoms with Gasteiger partial charge in [0.25, 0.3) is 0 Å². The molecule has 0 aromatic heterocycles. The van der Waals surface area contributed by atoms with E-state index in [1.54, 1.807) is 4.90 Å².